The Bertz CT molecular complexity index is 182. The van der Waals surface area contributed by atoms with Gasteiger partial charge < -0.3 is 4.98 Å². The number of nitrogens with zero attached hydrogens (tertiary/aromatic N) is 1. The maximum atomic E-state index is 4.18. The molecular formula is C7H9N2. The standard InChI is InChI=1S/C7H9N2/c1-2-4-7-6(3-1)8-5-9-7/h1,5H,2-4H2,(H,8,9). The smallest absolute Gasteiger partial charge is 0.0925 e. The summed E-state index contributed by atoms with van der Waals surface area (Å²) in [6.07, 6.45) is 7.47. The second-order valence-corrected chi connectivity index (χ2v) is 2.36. The zero-order valence-electron chi connectivity index (χ0n) is 5.22. The Morgan fingerprint density at radius 2 is 2.56 bits per heavy atom. The van der Waals surface area contributed by atoms with E-state index in [9.17, 15) is 0 Å². The lowest BCUT2D eigenvalue weighted by Gasteiger charge is -2.06. The first-order chi connectivity index (χ1) is 4.47. The van der Waals surface area contributed by atoms with Gasteiger partial charge in [-0.2, -0.15) is 0 Å². The van der Waals surface area contributed by atoms with Gasteiger partial charge in [-0.1, -0.05) is 0 Å². The summed E-state index contributed by atoms with van der Waals surface area (Å²) in [4.78, 5) is 7.30. The summed E-state index contributed by atoms with van der Waals surface area (Å²) in [6.45, 7) is 0. The molecule has 1 aromatic heterocycles. The largest absolute Gasteiger partial charge is 0.348 e. The van der Waals surface area contributed by atoms with Crippen molar-refractivity contribution >= 4 is 0 Å². The lowest BCUT2D eigenvalue weighted by atomic mass is 10.0. The second-order valence-electron chi connectivity index (χ2n) is 2.36. The highest BCUT2D eigenvalue weighted by Crippen LogP contribution is 2.15. The van der Waals surface area contributed by atoms with Crippen LogP contribution in [0.5, 0.6) is 0 Å². The Morgan fingerprint density at radius 1 is 1.56 bits per heavy atom. The Labute approximate surface area is 54.3 Å². The maximum Gasteiger partial charge on any atom is 0.0925 e. The Morgan fingerprint density at radius 3 is 3.44 bits per heavy atom. The highest BCUT2D eigenvalue weighted by atomic mass is 14.9. The molecule has 2 rings (SSSR count). The van der Waals surface area contributed by atoms with Crippen LogP contribution in [0.4, 0.5) is 0 Å². The molecule has 9 heavy (non-hydrogen) atoms. The van der Waals surface area contributed by atoms with E-state index in [2.05, 4.69) is 16.4 Å². The minimum absolute atomic E-state index is 1.08. The van der Waals surface area contributed by atoms with Crippen LogP contribution >= 0.6 is 0 Å². The third kappa shape index (κ3) is 0.745. The van der Waals surface area contributed by atoms with Gasteiger partial charge in [-0.3, -0.25) is 0 Å². The van der Waals surface area contributed by atoms with Crippen LogP contribution in [0.25, 0.3) is 0 Å². The molecule has 1 N–H and O–H groups in total. The van der Waals surface area contributed by atoms with Crippen LogP contribution in [0.2, 0.25) is 0 Å². The Balaban J connectivity index is 2.39. The fourth-order valence-corrected chi connectivity index (χ4v) is 1.23. The molecule has 0 bridgehead atoms. The van der Waals surface area contributed by atoms with Crippen LogP contribution in [0.15, 0.2) is 6.33 Å². The molecule has 2 nitrogen and oxygen atoms in total. The zero-order valence-corrected chi connectivity index (χ0v) is 5.22. The minimum Gasteiger partial charge on any atom is -0.348 e. The van der Waals surface area contributed by atoms with Gasteiger partial charge in [-0.05, 0) is 25.7 Å². The van der Waals surface area contributed by atoms with Crippen molar-refractivity contribution in [1.29, 1.82) is 0 Å². The first-order valence-electron chi connectivity index (χ1n) is 3.29. The summed E-state index contributed by atoms with van der Waals surface area (Å²) in [5, 5.41) is 0. The maximum absolute atomic E-state index is 4.18. The number of hydrogen-bond acceptors (Lipinski definition) is 1. The van der Waals surface area contributed by atoms with Gasteiger partial charge in [0.1, 0.15) is 0 Å². The van der Waals surface area contributed by atoms with E-state index in [1.54, 1.807) is 6.33 Å². The quantitative estimate of drug-likeness (QED) is 0.547. The summed E-state index contributed by atoms with van der Waals surface area (Å²) in [6, 6.07) is 0. The first kappa shape index (κ1) is 5.03. The second kappa shape index (κ2) is 1.87. The molecule has 0 spiro atoms. The molecule has 0 unspecified atom stereocenters. The molecule has 0 saturated carbocycles. The van der Waals surface area contributed by atoms with Crippen molar-refractivity contribution in [2.24, 2.45) is 0 Å². The third-order valence-corrected chi connectivity index (χ3v) is 1.74. The average molecular weight is 121 g/mol. The molecule has 0 amide bonds. The van der Waals surface area contributed by atoms with E-state index in [0.717, 1.165) is 12.8 Å². The predicted molar refractivity (Wildman–Crippen MR) is 34.9 cm³/mol. The Kier molecular flexibility index (Phi) is 1.04. The van der Waals surface area contributed by atoms with Gasteiger partial charge in [0.25, 0.3) is 0 Å². The van der Waals surface area contributed by atoms with E-state index in [1.165, 1.54) is 17.8 Å². The van der Waals surface area contributed by atoms with Crippen molar-refractivity contribution in [3.63, 3.8) is 0 Å². The van der Waals surface area contributed by atoms with Gasteiger partial charge in [-0.15, -0.1) is 0 Å². The molecule has 1 aromatic rings. The minimum atomic E-state index is 1.08. The summed E-state index contributed by atoms with van der Waals surface area (Å²) in [5.74, 6) is 0. The average Bonchev–Trinajstić information content (AvgIpc) is 2.33. The summed E-state index contributed by atoms with van der Waals surface area (Å²) < 4.78 is 0. The molecule has 1 aliphatic rings. The van der Waals surface area contributed by atoms with Crippen LogP contribution in [-0.2, 0) is 12.8 Å². The van der Waals surface area contributed by atoms with Gasteiger partial charge in [0.05, 0.1) is 12.0 Å². The molecule has 1 radical (unpaired) electrons. The van der Waals surface area contributed by atoms with Crippen molar-refractivity contribution in [2.75, 3.05) is 0 Å². The molecule has 0 saturated heterocycles. The monoisotopic (exact) mass is 121 g/mol. The van der Waals surface area contributed by atoms with Crippen LogP contribution in [-0.4, -0.2) is 9.97 Å². The number of fused-ring (bicyclic) bond motifs is 1. The van der Waals surface area contributed by atoms with Crippen LogP contribution < -0.4 is 0 Å². The number of H-pyrrole nitrogens is 1. The SMILES string of the molecule is [CH]1CCc2nc[nH]c2C1. The summed E-state index contributed by atoms with van der Waals surface area (Å²) >= 11 is 0. The number of aromatic amines is 1. The normalized spacial score (nSPS) is 17.3. The van der Waals surface area contributed by atoms with E-state index in [1.807, 2.05) is 0 Å². The molecule has 1 heterocycles. The highest BCUT2D eigenvalue weighted by molar-refractivity contribution is 5.17. The fourth-order valence-electron chi connectivity index (χ4n) is 1.23. The van der Waals surface area contributed by atoms with E-state index in [0.29, 0.717) is 0 Å². The predicted octanol–water partition coefficient (Wildman–Crippen LogP) is 1.10. The topological polar surface area (TPSA) is 28.7 Å². The molecule has 2 heteroatoms. The van der Waals surface area contributed by atoms with Gasteiger partial charge >= 0.3 is 0 Å². The van der Waals surface area contributed by atoms with E-state index < -0.39 is 0 Å². The number of nitrogens with one attached hydrogen (secondary N) is 1. The number of imidazole rings is 1. The van der Waals surface area contributed by atoms with Crippen molar-refractivity contribution < 1.29 is 0 Å². The summed E-state index contributed by atoms with van der Waals surface area (Å²) in [7, 11) is 0. The van der Waals surface area contributed by atoms with Gasteiger partial charge in [0, 0.05) is 5.69 Å². The van der Waals surface area contributed by atoms with Crippen LogP contribution in [0.3, 0.4) is 0 Å². The van der Waals surface area contributed by atoms with Crippen molar-refractivity contribution in [3.8, 4) is 0 Å². The molecule has 47 valence electrons. The van der Waals surface area contributed by atoms with Crippen LogP contribution in [0, 0.1) is 6.42 Å². The number of rotatable bonds is 0. The van der Waals surface area contributed by atoms with Crippen molar-refractivity contribution in [1.82, 2.24) is 9.97 Å². The summed E-state index contributed by atoms with van der Waals surface area (Å²) in [5.41, 5.74) is 2.57. The fraction of sp³-hybridized carbons (Fsp3) is 0.429. The lowest BCUT2D eigenvalue weighted by Crippen LogP contribution is -2.01. The van der Waals surface area contributed by atoms with Crippen molar-refractivity contribution in [3.05, 3.63) is 24.1 Å². The number of hydrogen-bond donors (Lipinski definition) is 1. The van der Waals surface area contributed by atoms with Gasteiger partial charge in [-0.25, -0.2) is 4.98 Å². The highest BCUT2D eigenvalue weighted by Gasteiger charge is 2.09. The molecular weight excluding hydrogens is 112 g/mol. The molecule has 0 aliphatic heterocycles. The first-order valence-corrected chi connectivity index (χ1v) is 3.29. The molecule has 0 atom stereocenters. The zero-order chi connectivity index (χ0) is 6.10. The van der Waals surface area contributed by atoms with E-state index >= 15 is 0 Å². The third-order valence-electron chi connectivity index (χ3n) is 1.74. The number of aromatic nitrogens is 2. The van der Waals surface area contributed by atoms with Crippen molar-refractivity contribution in [2.45, 2.75) is 19.3 Å². The Hall–Kier alpha value is -0.790. The molecule has 0 aromatic carbocycles. The van der Waals surface area contributed by atoms with Crippen LogP contribution in [0.1, 0.15) is 17.8 Å². The van der Waals surface area contributed by atoms with Gasteiger partial charge in [0.2, 0.25) is 0 Å². The molecule has 1 aliphatic carbocycles. The molecule has 0 fully saturated rings. The van der Waals surface area contributed by atoms with Gasteiger partial charge in [0.15, 0.2) is 0 Å². The number of aryl methyl sites for hydroxylation is 1. The van der Waals surface area contributed by atoms with E-state index in [-0.39, 0.29) is 0 Å². The lowest BCUT2D eigenvalue weighted by molar-refractivity contribution is 0.800. The van der Waals surface area contributed by atoms with E-state index in [4.69, 9.17) is 0 Å².